The third-order valence-corrected chi connectivity index (χ3v) is 6.43. The summed E-state index contributed by atoms with van der Waals surface area (Å²) in [6, 6.07) is 14.6. The second kappa shape index (κ2) is 10.7. The molecule has 0 N–H and O–H groups in total. The third kappa shape index (κ3) is 5.32. The standard InChI is InChI=1S/C23H30IO2/c1-5-7-9-18(8-6-2)21-16-20(14-15-22(21)26-4)17-10-12-19(13-11-17)23(25)24-3/h10-16,18H,5-9H2,1-4H3/q-1. The van der Waals surface area contributed by atoms with E-state index in [9.17, 15) is 4.79 Å². The van der Waals surface area contributed by atoms with E-state index < -0.39 is 0 Å². The number of hydrogen-bond donors (Lipinski definition) is 0. The molecular weight excluding hydrogens is 435 g/mol. The summed E-state index contributed by atoms with van der Waals surface area (Å²) in [6.45, 7) is 4.50. The molecule has 0 saturated heterocycles. The number of rotatable bonds is 10. The van der Waals surface area contributed by atoms with Gasteiger partial charge in [0.25, 0.3) is 0 Å². The van der Waals surface area contributed by atoms with Gasteiger partial charge in [0.05, 0.1) is 0 Å². The van der Waals surface area contributed by atoms with Crippen LogP contribution in [0.3, 0.4) is 0 Å². The van der Waals surface area contributed by atoms with Gasteiger partial charge < -0.3 is 0 Å². The minimum absolute atomic E-state index is 0.299. The van der Waals surface area contributed by atoms with Crippen LogP contribution in [-0.4, -0.2) is 15.8 Å². The van der Waals surface area contributed by atoms with Crippen LogP contribution in [0.1, 0.15) is 67.8 Å². The first-order valence-electron chi connectivity index (χ1n) is 9.46. The first kappa shape index (κ1) is 20.9. The summed E-state index contributed by atoms with van der Waals surface area (Å²) in [4.78, 5) is 13.9. The minimum atomic E-state index is -0.386. The zero-order valence-corrected chi connectivity index (χ0v) is 18.5. The van der Waals surface area contributed by atoms with E-state index >= 15 is 0 Å². The van der Waals surface area contributed by atoms with Gasteiger partial charge in [0.1, 0.15) is 0 Å². The molecule has 2 rings (SSSR count). The van der Waals surface area contributed by atoms with E-state index in [0.717, 1.165) is 16.9 Å². The van der Waals surface area contributed by atoms with Crippen molar-refractivity contribution in [2.75, 3.05) is 12.0 Å². The van der Waals surface area contributed by atoms with Crippen LogP contribution in [-0.2, 0) is 0 Å². The summed E-state index contributed by atoms with van der Waals surface area (Å²) in [7, 11) is 1.76. The number of carbonyl (C=O) groups excluding carboxylic acids is 1. The Balaban J connectivity index is 2.36. The van der Waals surface area contributed by atoms with Gasteiger partial charge in [0.2, 0.25) is 0 Å². The molecule has 2 nitrogen and oxygen atoms in total. The second-order valence-electron chi connectivity index (χ2n) is 6.62. The molecule has 0 aliphatic heterocycles. The van der Waals surface area contributed by atoms with Crippen LogP contribution in [0.15, 0.2) is 42.5 Å². The van der Waals surface area contributed by atoms with Gasteiger partial charge in [-0.05, 0) is 0 Å². The van der Waals surface area contributed by atoms with Gasteiger partial charge in [-0.2, -0.15) is 0 Å². The molecule has 0 aliphatic carbocycles. The molecule has 0 radical (unpaired) electrons. The maximum atomic E-state index is 11.9. The number of alkyl halides is 1. The molecule has 2 aromatic rings. The van der Waals surface area contributed by atoms with Gasteiger partial charge in [0, 0.05) is 0 Å². The van der Waals surface area contributed by atoms with Gasteiger partial charge in [-0.25, -0.2) is 0 Å². The molecule has 0 spiro atoms. The van der Waals surface area contributed by atoms with Crippen LogP contribution in [0.5, 0.6) is 5.75 Å². The first-order valence-corrected chi connectivity index (χ1v) is 12.7. The zero-order valence-electron chi connectivity index (χ0n) is 16.3. The van der Waals surface area contributed by atoms with Crippen LogP contribution in [0.25, 0.3) is 11.1 Å². The third-order valence-electron chi connectivity index (χ3n) is 4.83. The van der Waals surface area contributed by atoms with Crippen molar-refractivity contribution in [3.63, 3.8) is 0 Å². The zero-order chi connectivity index (χ0) is 18.9. The van der Waals surface area contributed by atoms with Crippen molar-refractivity contribution in [3.8, 4) is 16.9 Å². The van der Waals surface area contributed by atoms with E-state index in [0.29, 0.717) is 9.71 Å². The molecule has 3 heteroatoms. The van der Waals surface area contributed by atoms with E-state index in [-0.39, 0.29) is 21.2 Å². The van der Waals surface area contributed by atoms with Gasteiger partial charge in [0.15, 0.2) is 0 Å². The van der Waals surface area contributed by atoms with Gasteiger partial charge in [-0.15, -0.1) is 0 Å². The van der Waals surface area contributed by atoms with Gasteiger partial charge in [-0.3, -0.25) is 0 Å². The summed E-state index contributed by atoms with van der Waals surface area (Å²) in [6.07, 6.45) is 6.04. The predicted molar refractivity (Wildman–Crippen MR) is 106 cm³/mol. The Kier molecular flexibility index (Phi) is 8.63. The fourth-order valence-corrected chi connectivity index (χ4v) is 4.37. The molecule has 1 unspecified atom stereocenters. The van der Waals surface area contributed by atoms with Crippen molar-refractivity contribution in [1.29, 1.82) is 0 Å². The monoisotopic (exact) mass is 465 g/mol. The molecule has 142 valence electrons. The summed E-state index contributed by atoms with van der Waals surface area (Å²) in [5.74, 6) is 1.53. The molecule has 0 amide bonds. The molecule has 26 heavy (non-hydrogen) atoms. The molecule has 0 aromatic heterocycles. The van der Waals surface area contributed by atoms with Crippen molar-refractivity contribution in [2.24, 2.45) is 0 Å². The Morgan fingerprint density at radius 2 is 1.69 bits per heavy atom. The van der Waals surface area contributed by atoms with Crippen LogP contribution in [0.4, 0.5) is 0 Å². The number of halogens is 1. The predicted octanol–water partition coefficient (Wildman–Crippen LogP) is 3.30. The van der Waals surface area contributed by atoms with Crippen molar-refractivity contribution in [2.45, 2.75) is 51.9 Å². The van der Waals surface area contributed by atoms with E-state index in [1.54, 1.807) is 7.11 Å². The average Bonchev–Trinajstić information content (AvgIpc) is 2.70. The molecule has 1 atom stereocenters. The number of ether oxygens (including phenoxy) is 1. The first-order chi connectivity index (χ1) is 12.6. The Hall–Kier alpha value is -1.36. The molecule has 0 bridgehead atoms. The SMILES string of the molecule is CCCCC(CCC)c1cc(-c2ccc(C(=O)[I-]C)cc2)ccc1OC. The average molecular weight is 465 g/mol. The van der Waals surface area contributed by atoms with Crippen LogP contribution < -0.4 is 25.9 Å². The van der Waals surface area contributed by atoms with Crippen LogP contribution in [0.2, 0.25) is 0 Å². The molecule has 2 aromatic carbocycles. The Labute approximate surface area is 168 Å². The van der Waals surface area contributed by atoms with E-state index in [1.165, 1.54) is 43.2 Å². The molecule has 0 aliphatic rings. The number of hydrogen-bond acceptors (Lipinski definition) is 2. The number of unbranched alkanes of at least 4 members (excludes halogenated alkanes) is 1. The van der Waals surface area contributed by atoms with Crippen molar-refractivity contribution >= 4 is 3.79 Å². The van der Waals surface area contributed by atoms with Crippen molar-refractivity contribution in [3.05, 3.63) is 53.6 Å². The summed E-state index contributed by atoms with van der Waals surface area (Å²) in [5, 5.41) is 0. The number of carbonyl (C=O) groups is 1. The Morgan fingerprint density at radius 1 is 1.00 bits per heavy atom. The van der Waals surface area contributed by atoms with Crippen molar-refractivity contribution in [1.82, 2.24) is 0 Å². The molecule has 0 fully saturated rings. The molecular formula is C23H30IO2-. The van der Waals surface area contributed by atoms with E-state index in [2.05, 4.69) is 44.2 Å². The fraction of sp³-hybridized carbons (Fsp3) is 0.435. The molecule has 0 heterocycles. The summed E-state index contributed by atoms with van der Waals surface area (Å²) < 4.78 is 5.97. The summed E-state index contributed by atoms with van der Waals surface area (Å²) in [5.41, 5.74) is 4.51. The van der Waals surface area contributed by atoms with Crippen LogP contribution >= 0.6 is 0 Å². The summed E-state index contributed by atoms with van der Waals surface area (Å²) >= 11 is -0.386. The fourth-order valence-electron chi connectivity index (χ4n) is 3.39. The van der Waals surface area contributed by atoms with Crippen molar-refractivity contribution < 1.29 is 30.7 Å². The topological polar surface area (TPSA) is 26.3 Å². The molecule has 0 saturated carbocycles. The number of benzene rings is 2. The maximum absolute atomic E-state index is 11.9. The quantitative estimate of drug-likeness (QED) is 0.306. The van der Waals surface area contributed by atoms with E-state index in [1.807, 2.05) is 17.1 Å². The van der Waals surface area contributed by atoms with Crippen LogP contribution in [0, 0.1) is 0 Å². The Morgan fingerprint density at radius 3 is 2.27 bits per heavy atom. The second-order valence-corrected chi connectivity index (χ2v) is 8.68. The van der Waals surface area contributed by atoms with Gasteiger partial charge >= 0.3 is 162 Å². The number of methoxy groups -OCH3 is 1. The van der Waals surface area contributed by atoms with Gasteiger partial charge in [-0.1, -0.05) is 6.92 Å². The Bertz CT molecular complexity index is 707. The van der Waals surface area contributed by atoms with E-state index in [4.69, 9.17) is 4.74 Å². The normalized spacial score (nSPS) is 12.2.